The molecule has 17 heavy (non-hydrogen) atoms. The number of carbonyl (C=O) groups excluding carboxylic acids is 1. The van der Waals surface area contributed by atoms with Gasteiger partial charge in [-0.3, -0.25) is 4.79 Å². The van der Waals surface area contributed by atoms with Crippen molar-refractivity contribution in [2.45, 2.75) is 34.2 Å². The zero-order valence-electron chi connectivity index (χ0n) is 9.33. The molecule has 1 aliphatic heterocycles. The van der Waals surface area contributed by atoms with Crippen LogP contribution < -0.4 is 0 Å². The van der Waals surface area contributed by atoms with Crippen LogP contribution in [0.3, 0.4) is 0 Å². The van der Waals surface area contributed by atoms with E-state index >= 15 is 0 Å². The van der Waals surface area contributed by atoms with Crippen LogP contribution in [0.15, 0.2) is 0 Å². The van der Waals surface area contributed by atoms with Crippen LogP contribution in [0.1, 0.15) is 19.3 Å². The van der Waals surface area contributed by atoms with Crippen molar-refractivity contribution >= 4 is 37.6 Å². The lowest BCUT2D eigenvalue weighted by Gasteiger charge is -2.37. The van der Waals surface area contributed by atoms with Gasteiger partial charge in [0.15, 0.2) is 5.79 Å². The van der Waals surface area contributed by atoms with Crippen molar-refractivity contribution in [1.29, 1.82) is 0 Å². The molecule has 3 aliphatic carbocycles. The minimum absolute atomic E-state index is 0.0359. The molecule has 0 radical (unpaired) electrons. The summed E-state index contributed by atoms with van der Waals surface area (Å²) in [6.07, 6.45) is 3.02. The van der Waals surface area contributed by atoms with Crippen LogP contribution in [0.5, 0.6) is 0 Å². The van der Waals surface area contributed by atoms with E-state index in [2.05, 4.69) is 31.9 Å². The molecule has 0 aromatic heterocycles. The molecule has 5 heteroatoms. The summed E-state index contributed by atoms with van der Waals surface area (Å²) in [7, 11) is 0. The van der Waals surface area contributed by atoms with Gasteiger partial charge >= 0.3 is 0 Å². The Bertz CT molecular complexity index is 393. The van der Waals surface area contributed by atoms with Gasteiger partial charge < -0.3 is 9.47 Å². The minimum atomic E-state index is -0.509. The molecule has 3 nitrogen and oxygen atoms in total. The van der Waals surface area contributed by atoms with Gasteiger partial charge in [0.1, 0.15) is 5.78 Å². The molecule has 5 atom stereocenters. The molecular weight excluding hydrogens is 352 g/mol. The van der Waals surface area contributed by atoms with Crippen molar-refractivity contribution in [3.63, 3.8) is 0 Å². The largest absolute Gasteiger partial charge is 0.346 e. The highest BCUT2D eigenvalue weighted by Gasteiger charge is 2.78. The molecule has 0 aromatic carbocycles. The lowest BCUT2D eigenvalue weighted by Crippen LogP contribution is -2.48. The molecule has 2 bridgehead atoms. The van der Waals surface area contributed by atoms with Gasteiger partial charge in [-0.15, -0.1) is 0 Å². The third kappa shape index (κ3) is 1.10. The van der Waals surface area contributed by atoms with Crippen LogP contribution >= 0.6 is 31.9 Å². The summed E-state index contributed by atoms with van der Waals surface area (Å²) in [4.78, 5) is 12.3. The van der Waals surface area contributed by atoms with Gasteiger partial charge in [0.25, 0.3) is 0 Å². The first-order valence-electron chi connectivity index (χ1n) is 6.25. The van der Waals surface area contributed by atoms with Gasteiger partial charge in [0.05, 0.1) is 22.4 Å². The lowest BCUT2D eigenvalue weighted by molar-refractivity contribution is -0.184. The summed E-state index contributed by atoms with van der Waals surface area (Å²) >= 11 is 7.42. The summed E-state index contributed by atoms with van der Waals surface area (Å²) in [6, 6.07) is 0. The zero-order chi connectivity index (χ0) is 11.8. The van der Waals surface area contributed by atoms with E-state index in [0.717, 1.165) is 19.3 Å². The number of alkyl halides is 2. The Morgan fingerprint density at radius 3 is 2.59 bits per heavy atom. The van der Waals surface area contributed by atoms with E-state index < -0.39 is 5.79 Å². The third-order valence-electron chi connectivity index (χ3n) is 5.16. The topological polar surface area (TPSA) is 35.5 Å². The Hall–Kier alpha value is 0.550. The van der Waals surface area contributed by atoms with E-state index in [4.69, 9.17) is 9.47 Å². The molecule has 4 rings (SSSR count). The summed E-state index contributed by atoms with van der Waals surface area (Å²) in [6.45, 7) is 1.32. The van der Waals surface area contributed by atoms with E-state index in [-0.39, 0.29) is 21.0 Å². The number of halogens is 2. The van der Waals surface area contributed by atoms with Gasteiger partial charge in [-0.1, -0.05) is 31.9 Å². The maximum Gasteiger partial charge on any atom is 0.187 e. The van der Waals surface area contributed by atoms with Gasteiger partial charge in [-0.05, 0) is 25.2 Å². The highest BCUT2D eigenvalue weighted by atomic mass is 79.9. The third-order valence-corrected chi connectivity index (χ3v) is 7.52. The second kappa shape index (κ2) is 3.35. The predicted octanol–water partition coefficient (Wildman–Crippen LogP) is 2.26. The van der Waals surface area contributed by atoms with Crippen LogP contribution in [0.25, 0.3) is 0 Å². The number of hydrogen-bond acceptors (Lipinski definition) is 3. The van der Waals surface area contributed by atoms with E-state index in [9.17, 15) is 4.79 Å². The predicted molar refractivity (Wildman–Crippen MR) is 68.3 cm³/mol. The number of fused-ring (bicyclic) bond motifs is 3. The maximum atomic E-state index is 12.3. The van der Waals surface area contributed by atoms with Crippen LogP contribution in [-0.4, -0.2) is 33.9 Å². The Morgan fingerprint density at radius 1 is 1.24 bits per heavy atom. The number of Topliss-reactive ketones (excluding diaryl/α,β-unsaturated/α-hetero) is 1. The van der Waals surface area contributed by atoms with Crippen molar-refractivity contribution in [1.82, 2.24) is 0 Å². The first-order chi connectivity index (χ1) is 8.10. The second-order valence-corrected chi connectivity index (χ2v) is 8.13. The quantitative estimate of drug-likeness (QED) is 0.617. The molecule has 4 fully saturated rings. The van der Waals surface area contributed by atoms with Gasteiger partial charge in [0.2, 0.25) is 0 Å². The number of rotatable bonds is 0. The highest BCUT2D eigenvalue weighted by Crippen LogP contribution is 2.71. The van der Waals surface area contributed by atoms with Crippen LogP contribution in [0.4, 0.5) is 0 Å². The fourth-order valence-corrected chi connectivity index (χ4v) is 6.55. The van der Waals surface area contributed by atoms with Gasteiger partial charge in [-0.2, -0.15) is 0 Å². The van der Waals surface area contributed by atoms with Crippen molar-refractivity contribution < 1.29 is 14.3 Å². The van der Waals surface area contributed by atoms with Crippen molar-refractivity contribution in [2.75, 3.05) is 13.2 Å². The van der Waals surface area contributed by atoms with Crippen LogP contribution in [0.2, 0.25) is 0 Å². The van der Waals surface area contributed by atoms with Crippen LogP contribution in [0, 0.1) is 17.8 Å². The maximum absolute atomic E-state index is 12.3. The van der Waals surface area contributed by atoms with E-state index in [1.807, 2.05) is 0 Å². The molecule has 0 aromatic rings. The Labute approximate surface area is 117 Å². The van der Waals surface area contributed by atoms with Crippen molar-refractivity contribution in [2.24, 2.45) is 17.8 Å². The van der Waals surface area contributed by atoms with E-state index in [1.54, 1.807) is 0 Å². The van der Waals surface area contributed by atoms with Gasteiger partial charge in [-0.25, -0.2) is 0 Å². The Morgan fingerprint density at radius 2 is 1.94 bits per heavy atom. The standard InChI is InChI=1S/C12H14Br2O3/c13-8-5-7-9(10(8)15)6-1-2-11(7,14)12(6)16-3-4-17-12/h6-9H,1-5H2/t6-,7-,8-,9+,11+/m1/s1. The fraction of sp³-hybridized carbons (Fsp3) is 0.917. The molecule has 4 aliphatic rings. The number of ketones is 1. The zero-order valence-corrected chi connectivity index (χ0v) is 12.5. The molecule has 0 N–H and O–H groups in total. The normalized spacial score (nSPS) is 54.8. The number of ether oxygens (including phenoxy) is 2. The summed E-state index contributed by atoms with van der Waals surface area (Å²) in [5.74, 6) is 0.608. The number of hydrogen-bond donors (Lipinski definition) is 0. The average Bonchev–Trinajstić information content (AvgIpc) is 2.99. The van der Waals surface area contributed by atoms with Crippen LogP contribution in [-0.2, 0) is 14.3 Å². The molecular formula is C12H14Br2O3. The van der Waals surface area contributed by atoms with Crippen molar-refractivity contribution in [3.05, 3.63) is 0 Å². The van der Waals surface area contributed by atoms with Gasteiger partial charge in [0, 0.05) is 11.8 Å². The monoisotopic (exact) mass is 364 g/mol. The fourth-order valence-electron chi connectivity index (χ4n) is 4.62. The average molecular weight is 366 g/mol. The smallest absolute Gasteiger partial charge is 0.187 e. The Kier molecular flexibility index (Phi) is 2.24. The summed E-state index contributed by atoms with van der Waals surface area (Å²) < 4.78 is 11.8. The summed E-state index contributed by atoms with van der Waals surface area (Å²) in [5.41, 5.74) is 0. The Balaban J connectivity index is 1.83. The van der Waals surface area contributed by atoms with E-state index in [0.29, 0.717) is 24.9 Å². The molecule has 0 amide bonds. The number of carbonyl (C=O) groups is 1. The van der Waals surface area contributed by atoms with E-state index in [1.165, 1.54) is 0 Å². The second-order valence-electron chi connectivity index (χ2n) is 5.61. The molecule has 3 saturated carbocycles. The SMILES string of the molecule is O=C1[C@H]2[C@H]3CC[C@](Br)([C@@H]2C[C@H]1Br)C31OCCO1. The molecule has 1 heterocycles. The first kappa shape index (κ1) is 11.4. The lowest BCUT2D eigenvalue weighted by atomic mass is 9.81. The molecule has 94 valence electrons. The molecule has 0 unspecified atom stereocenters. The highest BCUT2D eigenvalue weighted by molar-refractivity contribution is 9.10. The van der Waals surface area contributed by atoms with Crippen molar-refractivity contribution in [3.8, 4) is 0 Å². The minimum Gasteiger partial charge on any atom is -0.346 e. The first-order valence-corrected chi connectivity index (χ1v) is 7.96. The summed E-state index contributed by atoms with van der Waals surface area (Å²) in [5, 5.41) is 0. The molecule has 1 saturated heterocycles. The molecule has 1 spiro atoms.